The molecule has 0 amide bonds. The van der Waals surface area contributed by atoms with Gasteiger partial charge in [-0.15, -0.1) is 0 Å². The number of likely N-dealkylation sites (tertiary alicyclic amines) is 1. The van der Waals surface area contributed by atoms with Crippen LogP contribution in [0, 0.1) is 5.92 Å². The highest BCUT2D eigenvalue weighted by Gasteiger charge is 2.27. The minimum atomic E-state index is -0.973. The number of carbonyl (C=O) groups is 2. The van der Waals surface area contributed by atoms with E-state index in [1.807, 2.05) is 6.92 Å². The largest absolute Gasteiger partial charge is 0.478 e. The molecule has 98 valence electrons. The first kappa shape index (κ1) is 12.8. The quantitative estimate of drug-likeness (QED) is 0.883. The highest BCUT2D eigenvalue weighted by molar-refractivity contribution is 5.88. The van der Waals surface area contributed by atoms with Crippen molar-refractivity contribution < 1.29 is 19.1 Å². The molecule has 18 heavy (non-hydrogen) atoms. The second-order valence-electron chi connectivity index (χ2n) is 4.62. The lowest BCUT2D eigenvalue weighted by molar-refractivity contribution is -0.126. The molecule has 1 aromatic rings. The molecule has 0 bridgehead atoms. The number of hydrogen-bond acceptors (Lipinski definition) is 4. The van der Waals surface area contributed by atoms with Gasteiger partial charge in [0.2, 0.25) is 0 Å². The monoisotopic (exact) mass is 251 g/mol. The van der Waals surface area contributed by atoms with Gasteiger partial charge >= 0.3 is 5.97 Å². The van der Waals surface area contributed by atoms with E-state index >= 15 is 0 Å². The van der Waals surface area contributed by atoms with Crippen molar-refractivity contribution in [2.24, 2.45) is 5.92 Å². The van der Waals surface area contributed by atoms with Crippen LogP contribution in [0.5, 0.6) is 0 Å². The summed E-state index contributed by atoms with van der Waals surface area (Å²) in [6.07, 6.45) is 2.77. The van der Waals surface area contributed by atoms with Crippen molar-refractivity contribution in [2.45, 2.75) is 26.3 Å². The van der Waals surface area contributed by atoms with E-state index < -0.39 is 5.97 Å². The fourth-order valence-electron chi connectivity index (χ4n) is 2.33. The van der Waals surface area contributed by atoms with Crippen LogP contribution in [0.3, 0.4) is 0 Å². The summed E-state index contributed by atoms with van der Waals surface area (Å²) in [4.78, 5) is 24.7. The number of ketones is 1. The van der Waals surface area contributed by atoms with Gasteiger partial charge in [0, 0.05) is 25.4 Å². The van der Waals surface area contributed by atoms with Crippen molar-refractivity contribution in [2.75, 3.05) is 13.1 Å². The van der Waals surface area contributed by atoms with Crippen LogP contribution in [0.15, 0.2) is 16.7 Å². The minimum Gasteiger partial charge on any atom is -0.478 e. The minimum absolute atomic E-state index is 0.0713. The number of Topliss-reactive ketones (excluding diaryl/α,β-unsaturated/α-hetero) is 1. The first-order valence-corrected chi connectivity index (χ1v) is 6.16. The smallest absolute Gasteiger partial charge is 0.339 e. The van der Waals surface area contributed by atoms with Crippen LogP contribution in [0.4, 0.5) is 0 Å². The van der Waals surface area contributed by atoms with Crippen molar-refractivity contribution in [3.8, 4) is 0 Å². The maximum atomic E-state index is 11.6. The third kappa shape index (κ3) is 2.61. The Morgan fingerprint density at radius 3 is 3.06 bits per heavy atom. The van der Waals surface area contributed by atoms with Gasteiger partial charge in [-0.25, -0.2) is 4.79 Å². The van der Waals surface area contributed by atoms with E-state index in [0.29, 0.717) is 37.6 Å². The summed E-state index contributed by atoms with van der Waals surface area (Å²) < 4.78 is 5.22. The normalized spacial score (nSPS) is 21.2. The van der Waals surface area contributed by atoms with Crippen molar-refractivity contribution in [3.63, 3.8) is 0 Å². The molecular weight excluding hydrogens is 234 g/mol. The summed E-state index contributed by atoms with van der Waals surface area (Å²) in [5, 5.41) is 8.99. The van der Waals surface area contributed by atoms with E-state index in [-0.39, 0.29) is 11.5 Å². The summed E-state index contributed by atoms with van der Waals surface area (Å²) in [6.45, 7) is 3.82. The van der Waals surface area contributed by atoms with Crippen molar-refractivity contribution >= 4 is 11.8 Å². The molecule has 0 spiro atoms. The SMILES string of the molecule is CCC1CN(Cc2occc2C(=O)O)CCC1=O. The molecule has 0 radical (unpaired) electrons. The zero-order valence-corrected chi connectivity index (χ0v) is 10.4. The van der Waals surface area contributed by atoms with Gasteiger partial charge in [0.25, 0.3) is 0 Å². The van der Waals surface area contributed by atoms with Gasteiger partial charge in [-0.05, 0) is 12.5 Å². The lowest BCUT2D eigenvalue weighted by atomic mass is 9.94. The topological polar surface area (TPSA) is 70.8 Å². The Hall–Kier alpha value is -1.62. The zero-order chi connectivity index (χ0) is 13.1. The van der Waals surface area contributed by atoms with Crippen molar-refractivity contribution in [1.29, 1.82) is 0 Å². The Kier molecular flexibility index (Phi) is 3.81. The van der Waals surface area contributed by atoms with E-state index in [9.17, 15) is 9.59 Å². The summed E-state index contributed by atoms with van der Waals surface area (Å²) in [5.74, 6) is -0.126. The van der Waals surface area contributed by atoms with E-state index in [4.69, 9.17) is 9.52 Å². The van der Waals surface area contributed by atoms with Gasteiger partial charge in [-0.1, -0.05) is 6.92 Å². The number of carbonyl (C=O) groups excluding carboxylic acids is 1. The van der Waals surface area contributed by atoms with Gasteiger partial charge in [-0.2, -0.15) is 0 Å². The second kappa shape index (κ2) is 5.35. The summed E-state index contributed by atoms with van der Waals surface area (Å²) in [6, 6.07) is 1.46. The van der Waals surface area contributed by atoms with Gasteiger partial charge in [0.15, 0.2) is 0 Å². The second-order valence-corrected chi connectivity index (χ2v) is 4.62. The van der Waals surface area contributed by atoms with Crippen molar-refractivity contribution in [3.05, 3.63) is 23.7 Å². The molecule has 0 aliphatic carbocycles. The maximum absolute atomic E-state index is 11.6. The predicted octanol–water partition coefficient (Wildman–Crippen LogP) is 1.78. The van der Waals surface area contributed by atoms with Crippen LogP contribution in [-0.2, 0) is 11.3 Å². The van der Waals surface area contributed by atoms with Crippen LogP contribution in [0.1, 0.15) is 35.9 Å². The molecule has 2 heterocycles. The standard InChI is InChI=1S/C13H17NO4/c1-2-9-7-14(5-3-11(9)15)8-12-10(13(16)17)4-6-18-12/h4,6,9H,2-3,5,7-8H2,1H3,(H,16,17). The Bertz CT molecular complexity index is 452. The first-order chi connectivity index (χ1) is 8.61. The molecule has 1 unspecified atom stereocenters. The number of hydrogen-bond donors (Lipinski definition) is 1. The Morgan fingerprint density at radius 2 is 2.39 bits per heavy atom. The highest BCUT2D eigenvalue weighted by Crippen LogP contribution is 2.20. The zero-order valence-electron chi connectivity index (χ0n) is 10.4. The van der Waals surface area contributed by atoms with Crippen LogP contribution in [0.2, 0.25) is 0 Å². The van der Waals surface area contributed by atoms with Gasteiger partial charge < -0.3 is 9.52 Å². The van der Waals surface area contributed by atoms with Gasteiger partial charge in [0.1, 0.15) is 17.1 Å². The summed E-state index contributed by atoms with van der Waals surface area (Å²) in [5.41, 5.74) is 0.208. The van der Waals surface area contributed by atoms with E-state index in [1.165, 1.54) is 12.3 Å². The third-order valence-electron chi connectivity index (χ3n) is 3.44. The predicted molar refractivity (Wildman–Crippen MR) is 64.3 cm³/mol. The lowest BCUT2D eigenvalue weighted by Gasteiger charge is -2.30. The van der Waals surface area contributed by atoms with Crippen LogP contribution < -0.4 is 0 Å². The molecule has 1 saturated heterocycles. The number of carboxylic acid groups (broad SMARTS) is 1. The van der Waals surface area contributed by atoms with Crippen LogP contribution >= 0.6 is 0 Å². The number of carboxylic acids is 1. The molecule has 0 saturated carbocycles. The fraction of sp³-hybridized carbons (Fsp3) is 0.538. The summed E-state index contributed by atoms with van der Waals surface area (Å²) in [7, 11) is 0. The Balaban J connectivity index is 2.03. The molecular formula is C13H17NO4. The number of furan rings is 1. The molecule has 1 fully saturated rings. The number of rotatable bonds is 4. The average molecular weight is 251 g/mol. The Morgan fingerprint density at radius 1 is 1.61 bits per heavy atom. The molecule has 1 N–H and O–H groups in total. The fourth-order valence-corrected chi connectivity index (χ4v) is 2.33. The Labute approximate surface area is 105 Å². The molecule has 5 nitrogen and oxygen atoms in total. The van der Waals surface area contributed by atoms with Gasteiger partial charge in [0.05, 0.1) is 12.8 Å². The van der Waals surface area contributed by atoms with E-state index in [0.717, 1.165) is 6.42 Å². The first-order valence-electron chi connectivity index (χ1n) is 6.16. The van der Waals surface area contributed by atoms with Gasteiger partial charge in [-0.3, -0.25) is 9.69 Å². The molecule has 1 aromatic heterocycles. The lowest BCUT2D eigenvalue weighted by Crippen LogP contribution is -2.40. The molecule has 1 aliphatic rings. The molecule has 1 atom stereocenters. The maximum Gasteiger partial charge on any atom is 0.339 e. The molecule has 2 rings (SSSR count). The molecule has 0 aromatic carbocycles. The third-order valence-corrected chi connectivity index (χ3v) is 3.44. The number of aromatic carboxylic acids is 1. The number of nitrogens with zero attached hydrogens (tertiary/aromatic N) is 1. The van der Waals surface area contributed by atoms with Crippen LogP contribution in [-0.4, -0.2) is 34.8 Å². The van der Waals surface area contributed by atoms with E-state index in [2.05, 4.69) is 4.90 Å². The number of piperidine rings is 1. The summed E-state index contributed by atoms with van der Waals surface area (Å²) >= 11 is 0. The highest BCUT2D eigenvalue weighted by atomic mass is 16.4. The van der Waals surface area contributed by atoms with Crippen molar-refractivity contribution in [1.82, 2.24) is 4.90 Å². The molecule has 1 aliphatic heterocycles. The average Bonchev–Trinajstić information content (AvgIpc) is 2.80. The van der Waals surface area contributed by atoms with E-state index in [1.54, 1.807) is 0 Å². The molecule has 5 heteroatoms. The van der Waals surface area contributed by atoms with Crippen LogP contribution in [0.25, 0.3) is 0 Å².